The highest BCUT2D eigenvalue weighted by atomic mass is 32.1. The van der Waals surface area contributed by atoms with E-state index in [1.807, 2.05) is 73.7 Å². The van der Waals surface area contributed by atoms with Crippen LogP contribution in [0.1, 0.15) is 43.5 Å². The molecule has 1 aliphatic rings. The number of aromatic nitrogens is 1. The van der Waals surface area contributed by atoms with Crippen molar-refractivity contribution >= 4 is 23.4 Å². The molecule has 1 atom stereocenters. The van der Waals surface area contributed by atoms with Crippen LogP contribution in [-0.4, -0.2) is 30.9 Å². The smallest absolute Gasteiger partial charge is 0.338 e. The van der Waals surface area contributed by atoms with Crippen molar-refractivity contribution in [1.82, 2.24) is 4.57 Å². The van der Waals surface area contributed by atoms with E-state index in [1.54, 1.807) is 37.7 Å². The number of ether oxygens (including phenoxy) is 4. The summed E-state index contributed by atoms with van der Waals surface area (Å²) in [6, 6.07) is 22.1. The van der Waals surface area contributed by atoms with Crippen LogP contribution in [0.5, 0.6) is 17.2 Å². The van der Waals surface area contributed by atoms with Gasteiger partial charge in [-0.3, -0.25) is 9.36 Å². The molecule has 0 radical (unpaired) electrons. The molecule has 5 rings (SSSR count). The van der Waals surface area contributed by atoms with E-state index in [0.717, 1.165) is 11.1 Å². The van der Waals surface area contributed by atoms with Crippen LogP contribution in [0.4, 0.5) is 0 Å². The van der Waals surface area contributed by atoms with Crippen LogP contribution >= 0.6 is 11.3 Å². The number of carbonyl (C=O) groups is 1. The summed E-state index contributed by atoms with van der Waals surface area (Å²) in [7, 11) is 1.55. The van der Waals surface area contributed by atoms with E-state index < -0.39 is 12.0 Å². The first kappa shape index (κ1) is 28.9. The Kier molecular flexibility index (Phi) is 8.88. The van der Waals surface area contributed by atoms with Crippen molar-refractivity contribution in [3.63, 3.8) is 0 Å². The van der Waals surface area contributed by atoms with Crippen LogP contribution in [0.3, 0.4) is 0 Å². The molecule has 216 valence electrons. The highest BCUT2D eigenvalue weighted by molar-refractivity contribution is 7.07. The molecule has 0 saturated heterocycles. The van der Waals surface area contributed by atoms with E-state index >= 15 is 0 Å². The second-order valence-corrected chi connectivity index (χ2v) is 10.4. The minimum Gasteiger partial charge on any atom is -0.493 e. The third-order valence-corrected chi connectivity index (χ3v) is 7.76. The van der Waals surface area contributed by atoms with E-state index in [9.17, 15) is 9.59 Å². The average molecular weight is 585 g/mol. The standard InChI is InChI=1S/C33H32N2O6S/c1-5-39-30-24(16-12-18-26(30)38-4)29-28(32(37)40-6-2)21(3)34-33-35(29)31(36)27(42-33)19-23-15-10-11-17-25(23)41-20-22-13-8-7-9-14-22/h7-19,29H,5-6,20H2,1-4H3/b27-19+/t29-/m0/s1. The normalized spacial score (nSPS) is 14.7. The Labute approximate surface area is 247 Å². The third kappa shape index (κ3) is 5.73. The predicted octanol–water partition coefficient (Wildman–Crippen LogP) is 4.78. The highest BCUT2D eigenvalue weighted by Crippen LogP contribution is 2.40. The van der Waals surface area contributed by atoms with Gasteiger partial charge in [-0.15, -0.1) is 0 Å². The summed E-state index contributed by atoms with van der Waals surface area (Å²) in [5, 5.41) is 0. The van der Waals surface area contributed by atoms with Crippen LogP contribution in [0.25, 0.3) is 6.08 Å². The number of esters is 1. The second kappa shape index (κ2) is 12.9. The SMILES string of the molecule is CCOC(=O)C1=C(C)N=c2s/c(=C/c3ccccc3OCc3ccccc3)c(=O)n2[C@H]1c1cccc(OC)c1OCC. The Morgan fingerprint density at radius 2 is 1.69 bits per heavy atom. The first-order valence-electron chi connectivity index (χ1n) is 13.7. The van der Waals surface area contributed by atoms with Crippen molar-refractivity contribution in [2.75, 3.05) is 20.3 Å². The average Bonchev–Trinajstić information content (AvgIpc) is 3.30. The highest BCUT2D eigenvalue weighted by Gasteiger charge is 2.36. The number of benzene rings is 3. The Balaban J connectivity index is 1.67. The first-order chi connectivity index (χ1) is 20.5. The fraction of sp³-hybridized carbons (Fsp3) is 0.242. The summed E-state index contributed by atoms with van der Waals surface area (Å²) >= 11 is 1.25. The van der Waals surface area contributed by atoms with Gasteiger partial charge in [-0.1, -0.05) is 72.0 Å². The molecule has 2 heterocycles. The molecule has 0 spiro atoms. The number of hydrogen-bond donors (Lipinski definition) is 0. The fourth-order valence-electron chi connectivity index (χ4n) is 4.90. The number of hydrogen-bond acceptors (Lipinski definition) is 8. The van der Waals surface area contributed by atoms with Gasteiger partial charge in [-0.05, 0) is 44.5 Å². The number of carbonyl (C=O) groups excluding carboxylic acids is 1. The van der Waals surface area contributed by atoms with Crippen LogP contribution < -0.4 is 29.1 Å². The monoisotopic (exact) mass is 584 g/mol. The fourth-order valence-corrected chi connectivity index (χ4v) is 5.94. The van der Waals surface area contributed by atoms with Gasteiger partial charge in [-0.25, -0.2) is 9.79 Å². The predicted molar refractivity (Wildman–Crippen MR) is 162 cm³/mol. The number of thiazole rings is 1. The maximum Gasteiger partial charge on any atom is 0.338 e. The minimum atomic E-state index is -0.830. The topological polar surface area (TPSA) is 88.4 Å². The van der Waals surface area contributed by atoms with Gasteiger partial charge >= 0.3 is 5.97 Å². The molecular weight excluding hydrogens is 552 g/mol. The Hall–Kier alpha value is -4.63. The molecule has 9 heteroatoms. The summed E-state index contributed by atoms with van der Waals surface area (Å²) in [6.45, 7) is 6.31. The van der Waals surface area contributed by atoms with Gasteiger partial charge in [0.15, 0.2) is 16.3 Å². The molecule has 1 aliphatic heterocycles. The van der Waals surface area contributed by atoms with E-state index in [0.29, 0.717) is 51.1 Å². The molecule has 8 nitrogen and oxygen atoms in total. The summed E-state index contributed by atoms with van der Waals surface area (Å²) in [5.74, 6) is 1.07. The van der Waals surface area contributed by atoms with Crippen molar-refractivity contribution in [1.29, 1.82) is 0 Å². The minimum absolute atomic E-state index is 0.183. The van der Waals surface area contributed by atoms with Gasteiger partial charge in [-0.2, -0.15) is 0 Å². The van der Waals surface area contributed by atoms with Crippen LogP contribution in [-0.2, 0) is 16.1 Å². The van der Waals surface area contributed by atoms with E-state index in [4.69, 9.17) is 18.9 Å². The van der Waals surface area contributed by atoms with Crippen molar-refractivity contribution in [3.05, 3.63) is 120 Å². The Bertz CT molecular complexity index is 1810. The van der Waals surface area contributed by atoms with Gasteiger partial charge < -0.3 is 18.9 Å². The zero-order chi connectivity index (χ0) is 29.6. The molecule has 0 N–H and O–H groups in total. The lowest BCUT2D eigenvalue weighted by atomic mass is 9.94. The molecule has 0 unspecified atom stereocenters. The van der Waals surface area contributed by atoms with Crippen LogP contribution in [0.15, 0.2) is 93.9 Å². The number of rotatable bonds is 10. The zero-order valence-corrected chi connectivity index (χ0v) is 24.8. The lowest BCUT2D eigenvalue weighted by Crippen LogP contribution is -2.40. The number of para-hydroxylation sites is 2. The molecule has 0 saturated carbocycles. The van der Waals surface area contributed by atoms with Crippen molar-refractivity contribution in [2.24, 2.45) is 4.99 Å². The van der Waals surface area contributed by atoms with Crippen molar-refractivity contribution < 1.29 is 23.7 Å². The van der Waals surface area contributed by atoms with E-state index in [2.05, 4.69) is 4.99 Å². The third-order valence-electron chi connectivity index (χ3n) is 6.77. The lowest BCUT2D eigenvalue weighted by molar-refractivity contribution is -0.139. The van der Waals surface area contributed by atoms with Gasteiger partial charge in [0.25, 0.3) is 5.56 Å². The molecule has 0 bridgehead atoms. The number of nitrogens with zero attached hydrogens (tertiary/aromatic N) is 2. The molecular formula is C33H32N2O6S. The van der Waals surface area contributed by atoms with Crippen molar-refractivity contribution in [3.8, 4) is 17.2 Å². The van der Waals surface area contributed by atoms with Crippen LogP contribution in [0.2, 0.25) is 0 Å². The molecule has 0 aliphatic carbocycles. The number of allylic oxidation sites excluding steroid dienone is 1. The summed E-state index contributed by atoms with van der Waals surface area (Å²) in [5.41, 5.74) is 2.86. The number of methoxy groups -OCH3 is 1. The summed E-state index contributed by atoms with van der Waals surface area (Å²) < 4.78 is 25.1. The van der Waals surface area contributed by atoms with Gasteiger partial charge in [0.05, 0.1) is 36.1 Å². The molecule has 42 heavy (non-hydrogen) atoms. The molecule has 0 amide bonds. The van der Waals surface area contributed by atoms with E-state index in [1.165, 1.54) is 11.3 Å². The second-order valence-electron chi connectivity index (χ2n) is 9.43. The molecule has 1 aromatic heterocycles. The lowest BCUT2D eigenvalue weighted by Gasteiger charge is -2.26. The molecule has 4 aromatic rings. The summed E-state index contributed by atoms with van der Waals surface area (Å²) in [4.78, 5) is 32.6. The number of fused-ring (bicyclic) bond motifs is 1. The van der Waals surface area contributed by atoms with E-state index in [-0.39, 0.29) is 17.7 Å². The summed E-state index contributed by atoms with van der Waals surface area (Å²) in [6.07, 6.45) is 1.81. The largest absolute Gasteiger partial charge is 0.493 e. The maximum atomic E-state index is 14.1. The first-order valence-corrected chi connectivity index (χ1v) is 14.5. The zero-order valence-electron chi connectivity index (χ0n) is 24.0. The molecule has 3 aromatic carbocycles. The van der Waals surface area contributed by atoms with Gasteiger partial charge in [0.1, 0.15) is 18.4 Å². The Morgan fingerprint density at radius 3 is 2.43 bits per heavy atom. The van der Waals surface area contributed by atoms with Crippen LogP contribution in [0, 0.1) is 0 Å². The maximum absolute atomic E-state index is 14.1. The molecule has 0 fully saturated rings. The van der Waals surface area contributed by atoms with Gasteiger partial charge in [0.2, 0.25) is 0 Å². The Morgan fingerprint density at radius 1 is 0.952 bits per heavy atom. The van der Waals surface area contributed by atoms with Crippen molar-refractivity contribution in [2.45, 2.75) is 33.4 Å². The quantitative estimate of drug-likeness (QED) is 0.249. The van der Waals surface area contributed by atoms with Gasteiger partial charge in [0, 0.05) is 11.1 Å².